The van der Waals surface area contributed by atoms with Crippen molar-refractivity contribution in [3.05, 3.63) is 65.0 Å². The normalized spacial score (nSPS) is 11.2. The summed E-state index contributed by atoms with van der Waals surface area (Å²) in [5.74, 6) is -6.05. The summed E-state index contributed by atoms with van der Waals surface area (Å²) in [5, 5.41) is 2.13. The van der Waals surface area contributed by atoms with E-state index in [-0.39, 0.29) is 17.9 Å². The lowest BCUT2D eigenvalue weighted by Gasteiger charge is -2.22. The second kappa shape index (κ2) is 9.75. The molecule has 2 aromatic carbocycles. The number of carbonyl (C=O) groups excluding carboxylic acids is 2. The van der Waals surface area contributed by atoms with Crippen LogP contribution in [0.15, 0.2) is 36.4 Å². The zero-order valence-corrected chi connectivity index (χ0v) is 17.2. The third-order valence-electron chi connectivity index (χ3n) is 4.05. The summed E-state index contributed by atoms with van der Waals surface area (Å²) >= 11 is 0. The molecule has 2 aromatic rings. The maximum Gasteiger partial charge on any atom is 0.254 e. The molecule has 0 saturated heterocycles. The Morgan fingerprint density at radius 3 is 2.20 bits per heavy atom. The lowest BCUT2D eigenvalue weighted by atomic mass is 10.1. The summed E-state index contributed by atoms with van der Waals surface area (Å²) < 4.78 is 62.8. The van der Waals surface area contributed by atoms with Crippen molar-refractivity contribution >= 4 is 27.3 Å². The molecular formula is C20H21F3N2O4S. The molecule has 0 heterocycles. The highest BCUT2D eigenvalue weighted by Gasteiger charge is 2.20. The maximum absolute atomic E-state index is 13.7. The highest BCUT2D eigenvalue weighted by molar-refractivity contribution is 7.89. The number of nitrogens with zero attached hydrogens (tertiary/aromatic N) is 1. The third-order valence-corrected chi connectivity index (χ3v) is 4.91. The lowest BCUT2D eigenvalue weighted by Crippen LogP contribution is -2.38. The third kappa shape index (κ3) is 6.31. The molecule has 0 aliphatic rings. The van der Waals surface area contributed by atoms with E-state index in [0.717, 1.165) is 12.3 Å². The van der Waals surface area contributed by atoms with Crippen molar-refractivity contribution in [3.63, 3.8) is 0 Å². The number of sulfone groups is 1. The number of halogens is 3. The van der Waals surface area contributed by atoms with Crippen molar-refractivity contribution < 1.29 is 31.2 Å². The van der Waals surface area contributed by atoms with Gasteiger partial charge in [0, 0.05) is 18.4 Å². The molecule has 2 rings (SSSR count). The van der Waals surface area contributed by atoms with Crippen molar-refractivity contribution in [2.45, 2.75) is 19.1 Å². The number of hydrogen-bond acceptors (Lipinski definition) is 4. The van der Waals surface area contributed by atoms with E-state index in [2.05, 4.69) is 5.32 Å². The van der Waals surface area contributed by atoms with E-state index in [1.54, 1.807) is 6.92 Å². The molecule has 0 radical (unpaired) electrons. The van der Waals surface area contributed by atoms with Crippen LogP contribution in [0.5, 0.6) is 0 Å². The Morgan fingerprint density at radius 1 is 1.00 bits per heavy atom. The zero-order chi connectivity index (χ0) is 22.5. The Labute approximate surface area is 172 Å². The molecule has 0 fully saturated rings. The minimum absolute atomic E-state index is 0.164. The first-order valence-electron chi connectivity index (χ1n) is 9.01. The van der Waals surface area contributed by atoms with Crippen molar-refractivity contribution in [3.8, 4) is 0 Å². The number of anilines is 1. The number of benzene rings is 2. The predicted molar refractivity (Wildman–Crippen MR) is 106 cm³/mol. The first kappa shape index (κ1) is 23.4. The number of amides is 2. The van der Waals surface area contributed by atoms with Gasteiger partial charge in [0.05, 0.1) is 11.4 Å². The molecule has 6 nitrogen and oxygen atoms in total. The summed E-state index contributed by atoms with van der Waals surface area (Å²) in [6, 6.07) is 7.50. The van der Waals surface area contributed by atoms with Gasteiger partial charge in [-0.2, -0.15) is 0 Å². The van der Waals surface area contributed by atoms with Crippen LogP contribution in [-0.2, 0) is 20.4 Å². The fourth-order valence-corrected chi connectivity index (χ4v) is 3.53. The molecule has 1 N–H and O–H groups in total. The van der Waals surface area contributed by atoms with Gasteiger partial charge >= 0.3 is 0 Å². The highest BCUT2D eigenvalue weighted by Crippen LogP contribution is 2.19. The highest BCUT2D eigenvalue weighted by atomic mass is 32.2. The Balaban J connectivity index is 2.12. The molecule has 0 aliphatic heterocycles. The monoisotopic (exact) mass is 442 g/mol. The van der Waals surface area contributed by atoms with E-state index >= 15 is 0 Å². The average Bonchev–Trinajstić information content (AvgIpc) is 2.67. The van der Waals surface area contributed by atoms with E-state index in [0.29, 0.717) is 18.1 Å². The summed E-state index contributed by atoms with van der Waals surface area (Å²) in [6.45, 7) is 1.58. The van der Waals surface area contributed by atoms with Gasteiger partial charge in [-0.25, -0.2) is 21.6 Å². The van der Waals surface area contributed by atoms with Crippen molar-refractivity contribution in [1.29, 1.82) is 0 Å². The van der Waals surface area contributed by atoms with Gasteiger partial charge in [0.15, 0.2) is 27.3 Å². The van der Waals surface area contributed by atoms with Crippen LogP contribution in [0.3, 0.4) is 0 Å². The van der Waals surface area contributed by atoms with Gasteiger partial charge in [-0.15, -0.1) is 0 Å². The first-order chi connectivity index (χ1) is 14.0. The summed E-state index contributed by atoms with van der Waals surface area (Å²) in [6.07, 6.45) is 1.63. The first-order valence-corrected chi connectivity index (χ1v) is 11.1. The van der Waals surface area contributed by atoms with Crippen LogP contribution in [0.4, 0.5) is 18.9 Å². The Hall–Kier alpha value is -2.88. The smallest absolute Gasteiger partial charge is 0.254 e. The Kier molecular flexibility index (Phi) is 7.60. The largest absolute Gasteiger partial charge is 0.329 e. The molecular weight excluding hydrogens is 421 g/mol. The van der Waals surface area contributed by atoms with Crippen molar-refractivity contribution in [2.24, 2.45) is 0 Å². The van der Waals surface area contributed by atoms with Gasteiger partial charge in [-0.3, -0.25) is 9.59 Å². The summed E-state index contributed by atoms with van der Waals surface area (Å²) in [5.41, 5.74) is 0.225. The number of carbonyl (C=O) groups is 2. The van der Waals surface area contributed by atoms with Crippen molar-refractivity contribution in [1.82, 2.24) is 4.90 Å². The quantitative estimate of drug-likeness (QED) is 0.637. The molecule has 10 heteroatoms. The summed E-state index contributed by atoms with van der Waals surface area (Å²) in [4.78, 5) is 26.2. The fourth-order valence-electron chi connectivity index (χ4n) is 2.74. The van der Waals surface area contributed by atoms with Gasteiger partial charge in [-0.05, 0) is 36.2 Å². The van der Waals surface area contributed by atoms with Gasteiger partial charge in [0.25, 0.3) is 5.91 Å². The molecule has 0 unspecified atom stereocenters. The van der Waals surface area contributed by atoms with E-state index in [1.165, 1.54) is 29.2 Å². The molecule has 162 valence electrons. The lowest BCUT2D eigenvalue weighted by molar-refractivity contribution is -0.116. The number of rotatable bonds is 8. The second-order valence-electron chi connectivity index (χ2n) is 6.76. The Bertz CT molecular complexity index is 1040. The van der Waals surface area contributed by atoms with E-state index < -0.39 is 51.3 Å². The second-order valence-corrected chi connectivity index (χ2v) is 8.90. The molecule has 0 saturated carbocycles. The SMILES string of the molecule is CCCN(CC(=O)Nc1ccc(F)c(F)c1F)C(=O)c1ccc(CS(C)(=O)=O)cc1. The van der Waals surface area contributed by atoms with Gasteiger partial charge in [0.2, 0.25) is 5.91 Å². The topological polar surface area (TPSA) is 83.6 Å². The van der Waals surface area contributed by atoms with Gasteiger partial charge in [0.1, 0.15) is 6.54 Å². The van der Waals surface area contributed by atoms with Gasteiger partial charge in [-0.1, -0.05) is 19.1 Å². The zero-order valence-electron chi connectivity index (χ0n) is 16.4. The van der Waals surface area contributed by atoms with Crippen LogP contribution in [0.1, 0.15) is 29.3 Å². The molecule has 0 atom stereocenters. The van der Waals surface area contributed by atoms with Crippen LogP contribution in [0, 0.1) is 17.5 Å². The van der Waals surface area contributed by atoms with E-state index in [1.807, 2.05) is 0 Å². The molecule has 0 aliphatic carbocycles. The fraction of sp³-hybridized carbons (Fsp3) is 0.300. The van der Waals surface area contributed by atoms with Crippen LogP contribution in [0.2, 0.25) is 0 Å². The van der Waals surface area contributed by atoms with Crippen molar-refractivity contribution in [2.75, 3.05) is 24.7 Å². The molecule has 30 heavy (non-hydrogen) atoms. The standard InChI is InChI=1S/C20H21F3N2O4S/c1-3-10-25(11-17(26)24-16-9-8-15(21)18(22)19(16)23)20(27)14-6-4-13(5-7-14)12-30(2,28)29/h4-9H,3,10-12H2,1-2H3,(H,24,26). The van der Waals surface area contributed by atoms with Crippen LogP contribution < -0.4 is 5.32 Å². The summed E-state index contributed by atoms with van der Waals surface area (Å²) in [7, 11) is -3.22. The number of hydrogen-bond donors (Lipinski definition) is 1. The minimum atomic E-state index is -3.22. The maximum atomic E-state index is 13.7. The number of nitrogens with one attached hydrogen (secondary N) is 1. The molecule has 2 amide bonds. The van der Waals surface area contributed by atoms with Crippen LogP contribution in [-0.4, -0.2) is 44.5 Å². The molecule has 0 spiro atoms. The van der Waals surface area contributed by atoms with E-state index in [4.69, 9.17) is 0 Å². The molecule has 0 bridgehead atoms. The molecule has 0 aromatic heterocycles. The predicted octanol–water partition coefficient (Wildman–Crippen LogP) is 3.14. The minimum Gasteiger partial charge on any atom is -0.329 e. The average molecular weight is 442 g/mol. The Morgan fingerprint density at radius 2 is 1.63 bits per heavy atom. The van der Waals surface area contributed by atoms with Crippen LogP contribution >= 0.6 is 0 Å². The van der Waals surface area contributed by atoms with Gasteiger partial charge < -0.3 is 10.2 Å². The van der Waals surface area contributed by atoms with E-state index in [9.17, 15) is 31.2 Å². The van der Waals surface area contributed by atoms with Crippen LogP contribution in [0.25, 0.3) is 0 Å².